The van der Waals surface area contributed by atoms with E-state index in [4.69, 9.17) is 0 Å². The molecule has 5 nitrogen and oxygen atoms in total. The van der Waals surface area contributed by atoms with Gasteiger partial charge in [-0.1, -0.05) is 27.4 Å². The van der Waals surface area contributed by atoms with Gasteiger partial charge in [0.25, 0.3) is 0 Å². The second-order valence-corrected chi connectivity index (χ2v) is 7.65. The molecule has 0 aromatic rings. The van der Waals surface area contributed by atoms with Gasteiger partial charge in [-0.3, -0.25) is 10.1 Å². The Morgan fingerprint density at radius 3 is 2.95 bits per heavy atom. The first-order chi connectivity index (χ1) is 8.79. The number of carbonyl (C=O) groups is 1. The van der Waals surface area contributed by atoms with Gasteiger partial charge >= 0.3 is 0 Å². The second kappa shape index (κ2) is 7.49. The number of hydrogen-bond acceptors (Lipinski definition) is 6. The molecule has 0 aromatic carbocycles. The van der Waals surface area contributed by atoms with Crippen LogP contribution in [0.2, 0.25) is 0 Å². The number of thioether (sulfide) groups is 1. The molecule has 1 atom stereocenters. The largest absolute Gasteiger partial charge is 0.364 e. The Labute approximate surface area is 132 Å². The van der Waals surface area contributed by atoms with Gasteiger partial charge in [-0.05, 0) is 22.6 Å². The zero-order valence-electron chi connectivity index (χ0n) is 11.5. The van der Waals surface area contributed by atoms with Crippen LogP contribution >= 0.6 is 34.4 Å². The number of hydrogen-bond donors (Lipinski definition) is 3. The number of hydrazone groups is 1. The summed E-state index contributed by atoms with van der Waals surface area (Å²) in [5.41, 5.74) is 3.45. The van der Waals surface area contributed by atoms with Crippen LogP contribution in [-0.4, -0.2) is 33.8 Å². The monoisotopic (exact) mass is 396 g/mol. The van der Waals surface area contributed by atoms with Crippen LogP contribution in [0, 0.1) is 5.41 Å². The van der Waals surface area contributed by atoms with Gasteiger partial charge in [-0.15, -0.1) is 11.8 Å². The van der Waals surface area contributed by atoms with Crippen LogP contribution in [-0.2, 0) is 4.79 Å². The number of rotatable bonds is 3. The zero-order chi connectivity index (χ0) is 14.5. The third-order valence-electron chi connectivity index (χ3n) is 2.48. The Kier molecular flexibility index (Phi) is 6.61. The maximum Gasteiger partial charge on any atom is 0.151 e. The van der Waals surface area contributed by atoms with Crippen LogP contribution in [0.3, 0.4) is 0 Å². The summed E-state index contributed by atoms with van der Waals surface area (Å²) in [4.78, 5) is 11.9. The van der Waals surface area contributed by atoms with E-state index in [1.54, 1.807) is 11.8 Å². The molecule has 0 aromatic heterocycles. The number of Topliss-reactive ketones (excluding diaryl/α,β-unsaturated/α-hetero) is 1. The SMILES string of the molecule is C=C1CN/N=C(/I)CSC(NCC(=O)C(C)(C)C)N1. The van der Waals surface area contributed by atoms with Crippen molar-refractivity contribution in [1.82, 2.24) is 16.1 Å². The van der Waals surface area contributed by atoms with Gasteiger partial charge in [-0.25, -0.2) is 0 Å². The first-order valence-corrected chi connectivity index (χ1v) is 8.19. The lowest BCUT2D eigenvalue weighted by Crippen LogP contribution is -2.44. The van der Waals surface area contributed by atoms with Crippen molar-refractivity contribution in [2.24, 2.45) is 10.5 Å². The summed E-state index contributed by atoms with van der Waals surface area (Å²) < 4.78 is 0.994. The summed E-state index contributed by atoms with van der Waals surface area (Å²) in [5.74, 6) is 0.983. The molecule has 0 radical (unpaired) electrons. The summed E-state index contributed by atoms with van der Waals surface area (Å²) in [6, 6.07) is 0. The molecule has 0 aliphatic carbocycles. The highest BCUT2D eigenvalue weighted by Gasteiger charge is 2.22. The average Bonchev–Trinajstić information content (AvgIpc) is 2.37. The molecule has 1 rings (SSSR count). The molecule has 3 N–H and O–H groups in total. The fourth-order valence-corrected chi connectivity index (χ4v) is 2.77. The van der Waals surface area contributed by atoms with E-state index in [0.717, 1.165) is 15.2 Å². The third kappa shape index (κ3) is 6.62. The summed E-state index contributed by atoms with van der Waals surface area (Å²) >= 11 is 3.86. The summed E-state index contributed by atoms with van der Waals surface area (Å²) in [7, 11) is 0. The first kappa shape index (κ1) is 16.8. The summed E-state index contributed by atoms with van der Waals surface area (Å²) in [6.07, 6.45) is 0. The molecule has 0 amide bonds. The van der Waals surface area contributed by atoms with Crippen molar-refractivity contribution in [2.45, 2.75) is 26.3 Å². The van der Waals surface area contributed by atoms with Gasteiger partial charge in [0.2, 0.25) is 0 Å². The Morgan fingerprint density at radius 1 is 1.63 bits per heavy atom. The number of nitrogens with one attached hydrogen (secondary N) is 3. The van der Waals surface area contributed by atoms with Gasteiger partial charge in [0.1, 0.15) is 9.22 Å². The second-order valence-electron chi connectivity index (χ2n) is 5.32. The van der Waals surface area contributed by atoms with Crippen molar-refractivity contribution in [3.63, 3.8) is 0 Å². The van der Waals surface area contributed by atoms with E-state index in [1.165, 1.54) is 0 Å². The molecule has 0 spiro atoms. The lowest BCUT2D eigenvalue weighted by atomic mass is 9.91. The highest BCUT2D eigenvalue weighted by molar-refractivity contribution is 14.1. The number of nitrogens with zero attached hydrogens (tertiary/aromatic N) is 1. The Hall–Kier alpha value is -0.280. The number of halogens is 1. The zero-order valence-corrected chi connectivity index (χ0v) is 14.5. The molecule has 1 unspecified atom stereocenters. The van der Waals surface area contributed by atoms with Gasteiger partial charge in [0.05, 0.1) is 13.1 Å². The van der Waals surface area contributed by atoms with Gasteiger partial charge in [0, 0.05) is 16.9 Å². The number of ketones is 1. The molecule has 0 fully saturated rings. The molecule has 108 valence electrons. The van der Waals surface area contributed by atoms with E-state index in [0.29, 0.717) is 13.1 Å². The average molecular weight is 396 g/mol. The van der Waals surface area contributed by atoms with Crippen molar-refractivity contribution in [2.75, 3.05) is 18.8 Å². The molecular formula is C12H21IN4OS. The van der Waals surface area contributed by atoms with Gasteiger partial charge in [0.15, 0.2) is 5.78 Å². The molecular weight excluding hydrogens is 375 g/mol. The molecule has 0 saturated heterocycles. The lowest BCUT2D eigenvalue weighted by Gasteiger charge is -2.23. The van der Waals surface area contributed by atoms with Crippen molar-refractivity contribution in [3.8, 4) is 0 Å². The summed E-state index contributed by atoms with van der Waals surface area (Å²) in [5, 5.41) is 10.7. The van der Waals surface area contributed by atoms with Crippen molar-refractivity contribution in [3.05, 3.63) is 12.3 Å². The molecule has 0 bridgehead atoms. The van der Waals surface area contributed by atoms with E-state index in [-0.39, 0.29) is 16.7 Å². The van der Waals surface area contributed by atoms with E-state index in [9.17, 15) is 4.79 Å². The molecule has 1 aliphatic heterocycles. The quantitative estimate of drug-likeness (QED) is 0.634. The van der Waals surface area contributed by atoms with Crippen molar-refractivity contribution in [1.29, 1.82) is 0 Å². The fourth-order valence-electron chi connectivity index (χ4n) is 1.24. The normalized spacial score (nSPS) is 24.1. The lowest BCUT2D eigenvalue weighted by molar-refractivity contribution is -0.125. The Morgan fingerprint density at radius 2 is 2.32 bits per heavy atom. The standard InChI is InChI=1S/C12H21IN4OS/c1-8-5-15-17-10(13)7-19-11(16-8)14-6-9(18)12(2,3)4/h11,14-16H,1,5-7H2,2-4H3/b17-10+. The van der Waals surface area contributed by atoms with Gasteiger partial charge in [-0.2, -0.15) is 5.10 Å². The topological polar surface area (TPSA) is 65.5 Å². The van der Waals surface area contributed by atoms with E-state index < -0.39 is 0 Å². The van der Waals surface area contributed by atoms with Crippen LogP contribution in [0.15, 0.2) is 17.4 Å². The third-order valence-corrected chi connectivity index (χ3v) is 4.68. The minimum absolute atomic E-state index is 0.0290. The van der Waals surface area contributed by atoms with Gasteiger partial charge < -0.3 is 10.7 Å². The minimum Gasteiger partial charge on any atom is -0.364 e. The fraction of sp³-hybridized carbons (Fsp3) is 0.667. The maximum absolute atomic E-state index is 11.9. The molecule has 19 heavy (non-hydrogen) atoms. The van der Waals surface area contributed by atoms with Crippen LogP contribution < -0.4 is 16.1 Å². The van der Waals surface area contributed by atoms with Crippen LogP contribution in [0.5, 0.6) is 0 Å². The molecule has 7 heteroatoms. The molecule has 1 heterocycles. The van der Waals surface area contributed by atoms with Crippen LogP contribution in [0.4, 0.5) is 0 Å². The molecule has 0 saturated carbocycles. The van der Waals surface area contributed by atoms with Crippen LogP contribution in [0.25, 0.3) is 0 Å². The highest BCUT2D eigenvalue weighted by atomic mass is 127. The number of carbonyl (C=O) groups excluding carboxylic acids is 1. The van der Waals surface area contributed by atoms with Crippen LogP contribution in [0.1, 0.15) is 20.8 Å². The summed E-state index contributed by atoms with van der Waals surface area (Å²) in [6.45, 7) is 10.6. The van der Waals surface area contributed by atoms with Crippen molar-refractivity contribution >= 4 is 43.9 Å². The predicted octanol–water partition coefficient (Wildman–Crippen LogP) is 1.66. The van der Waals surface area contributed by atoms with Crippen molar-refractivity contribution < 1.29 is 4.79 Å². The van der Waals surface area contributed by atoms with E-state index in [2.05, 4.69) is 50.3 Å². The highest BCUT2D eigenvalue weighted by Crippen LogP contribution is 2.15. The Bertz CT molecular complexity index is 378. The molecule has 1 aliphatic rings. The smallest absolute Gasteiger partial charge is 0.151 e. The first-order valence-electron chi connectivity index (χ1n) is 6.06. The van der Waals surface area contributed by atoms with E-state index >= 15 is 0 Å². The van der Waals surface area contributed by atoms with E-state index in [1.807, 2.05) is 20.8 Å². The maximum atomic E-state index is 11.9. The predicted molar refractivity (Wildman–Crippen MR) is 90.4 cm³/mol. The Balaban J connectivity index is 2.53. The minimum atomic E-state index is -0.315.